The number of nitrogens with zero attached hydrogens (tertiary/aromatic N) is 3. The van der Waals surface area contributed by atoms with E-state index in [9.17, 15) is 14.0 Å². The van der Waals surface area contributed by atoms with Crippen LogP contribution < -0.4 is 5.56 Å². The van der Waals surface area contributed by atoms with Gasteiger partial charge in [0.25, 0.3) is 5.56 Å². The van der Waals surface area contributed by atoms with E-state index in [2.05, 4.69) is 18.8 Å². The Balaban J connectivity index is 1.91. The highest BCUT2D eigenvalue weighted by atomic mass is 35.5. The van der Waals surface area contributed by atoms with Gasteiger partial charge in [0, 0.05) is 42.4 Å². The van der Waals surface area contributed by atoms with Crippen LogP contribution in [0.2, 0.25) is 5.02 Å². The third-order valence-corrected chi connectivity index (χ3v) is 6.43. The maximum atomic E-state index is 14.6. The highest BCUT2D eigenvalue weighted by molar-refractivity contribution is 6.30. The molecule has 1 N–H and O–H groups in total. The van der Waals surface area contributed by atoms with Crippen molar-refractivity contribution in [1.82, 2.24) is 14.3 Å². The van der Waals surface area contributed by atoms with Gasteiger partial charge in [0.15, 0.2) is 0 Å². The van der Waals surface area contributed by atoms with E-state index in [-0.39, 0.29) is 22.4 Å². The molecule has 0 aliphatic heterocycles. The first-order valence-corrected chi connectivity index (χ1v) is 11.8. The first-order valence-electron chi connectivity index (χ1n) is 11.4. The molecule has 0 aliphatic rings. The number of fused-ring (bicyclic) bond motifs is 1. The third-order valence-electron chi connectivity index (χ3n) is 6.19. The molecule has 1 atom stereocenters. The summed E-state index contributed by atoms with van der Waals surface area (Å²) in [6, 6.07) is 4.13. The minimum Gasteiger partial charge on any atom is -0.308 e. The molecule has 176 valence electrons. The van der Waals surface area contributed by atoms with Crippen LogP contribution in [0.5, 0.6) is 0 Å². The molecule has 8 heteroatoms. The van der Waals surface area contributed by atoms with E-state index in [4.69, 9.17) is 17.0 Å². The van der Waals surface area contributed by atoms with Crippen molar-refractivity contribution in [3.63, 3.8) is 0 Å². The highest BCUT2D eigenvalue weighted by Crippen LogP contribution is 2.23. The van der Waals surface area contributed by atoms with E-state index in [1.807, 2.05) is 0 Å². The van der Waals surface area contributed by atoms with Crippen LogP contribution in [-0.2, 0) is 18.3 Å². The van der Waals surface area contributed by atoms with Crippen molar-refractivity contribution in [2.75, 3.05) is 0 Å². The molecule has 0 fully saturated rings. The molecule has 0 saturated carbocycles. The molecule has 0 saturated heterocycles. The number of aromatic nitrogens is 3. The summed E-state index contributed by atoms with van der Waals surface area (Å²) in [5.74, 6) is -0.237. The zero-order valence-electron chi connectivity index (χ0n) is 19.3. The normalized spacial score (nSPS) is 12.3. The van der Waals surface area contributed by atoms with Gasteiger partial charge in [0.05, 0.1) is 16.6 Å². The van der Waals surface area contributed by atoms with Gasteiger partial charge < -0.3 is 5.41 Å². The summed E-state index contributed by atoms with van der Waals surface area (Å²) < 4.78 is 17.3. The number of hydrogen-bond acceptors (Lipinski definition) is 4. The van der Waals surface area contributed by atoms with Crippen molar-refractivity contribution < 1.29 is 9.18 Å². The van der Waals surface area contributed by atoms with Crippen molar-refractivity contribution in [3.8, 4) is 5.69 Å². The van der Waals surface area contributed by atoms with Crippen LogP contribution in [-0.4, -0.2) is 26.3 Å². The quantitative estimate of drug-likeness (QED) is 0.367. The molecule has 0 bridgehead atoms. The van der Waals surface area contributed by atoms with Gasteiger partial charge in [-0.3, -0.25) is 19.3 Å². The van der Waals surface area contributed by atoms with Gasteiger partial charge in [0.1, 0.15) is 17.3 Å². The van der Waals surface area contributed by atoms with Crippen LogP contribution in [0.15, 0.2) is 29.2 Å². The molecule has 1 aromatic carbocycles. The third kappa shape index (κ3) is 5.08. The number of benzene rings is 1. The average Bonchev–Trinajstić information content (AvgIpc) is 3.04. The van der Waals surface area contributed by atoms with E-state index in [0.29, 0.717) is 41.4 Å². The van der Waals surface area contributed by atoms with Crippen molar-refractivity contribution in [1.29, 1.82) is 5.41 Å². The number of nitrogens with one attached hydrogen (secondary N) is 1. The van der Waals surface area contributed by atoms with Gasteiger partial charge in [-0.25, -0.2) is 9.07 Å². The second-order valence-corrected chi connectivity index (χ2v) is 8.77. The van der Waals surface area contributed by atoms with Crippen LogP contribution in [0.1, 0.15) is 63.6 Å². The lowest BCUT2D eigenvalue weighted by Gasteiger charge is -2.13. The Bertz CT molecular complexity index is 1230. The van der Waals surface area contributed by atoms with Crippen LogP contribution in [0.3, 0.4) is 0 Å². The van der Waals surface area contributed by atoms with E-state index in [1.165, 1.54) is 29.2 Å². The Morgan fingerprint density at radius 3 is 2.70 bits per heavy atom. The van der Waals surface area contributed by atoms with E-state index >= 15 is 0 Å². The Kier molecular flexibility index (Phi) is 8.19. The fourth-order valence-electron chi connectivity index (χ4n) is 4.36. The van der Waals surface area contributed by atoms with Gasteiger partial charge in [0.2, 0.25) is 0 Å². The Morgan fingerprint density at radius 2 is 2.06 bits per heavy atom. The molecule has 1 unspecified atom stereocenters. The van der Waals surface area contributed by atoms with E-state index in [1.54, 1.807) is 11.7 Å². The van der Waals surface area contributed by atoms with E-state index < -0.39 is 11.4 Å². The van der Waals surface area contributed by atoms with E-state index in [0.717, 1.165) is 31.7 Å². The molecule has 0 amide bonds. The van der Waals surface area contributed by atoms with Crippen LogP contribution in [0.4, 0.5) is 4.39 Å². The van der Waals surface area contributed by atoms with Gasteiger partial charge in [-0.1, -0.05) is 38.3 Å². The lowest BCUT2D eigenvalue weighted by atomic mass is 9.91. The fraction of sp³-hybridized carbons (Fsp3) is 0.440. The molecule has 33 heavy (non-hydrogen) atoms. The lowest BCUT2D eigenvalue weighted by Crippen LogP contribution is -2.20. The summed E-state index contributed by atoms with van der Waals surface area (Å²) in [5, 5.41) is 8.50. The fourth-order valence-corrected chi connectivity index (χ4v) is 4.52. The molecule has 3 aromatic rings. The molecule has 3 rings (SSSR count). The number of aryl methyl sites for hydroxylation is 2. The number of carbonyl (C=O) groups is 1. The number of halogens is 2. The summed E-state index contributed by atoms with van der Waals surface area (Å²) in [5.41, 5.74) is 1.31. The van der Waals surface area contributed by atoms with Crippen LogP contribution >= 0.6 is 11.6 Å². The molecule has 0 aliphatic carbocycles. The zero-order valence-corrected chi connectivity index (χ0v) is 20.1. The van der Waals surface area contributed by atoms with Gasteiger partial charge in [-0.15, -0.1) is 0 Å². The predicted octanol–water partition coefficient (Wildman–Crippen LogP) is 5.62. The Hall–Kier alpha value is -2.80. The first kappa shape index (κ1) is 24.8. The summed E-state index contributed by atoms with van der Waals surface area (Å²) in [7, 11) is 1.65. The zero-order chi connectivity index (χ0) is 24.1. The van der Waals surface area contributed by atoms with Crippen LogP contribution in [0.25, 0.3) is 16.6 Å². The predicted molar refractivity (Wildman–Crippen MR) is 130 cm³/mol. The maximum absolute atomic E-state index is 14.6. The molecule has 2 aromatic heterocycles. The number of hydrogen-bond donors (Lipinski definition) is 1. The molecule has 0 spiro atoms. The SMILES string of the molecule is CCCCC(CC)C(=O)CCCc1ncc2c(=O)n(-c3ccc(Cl)cc3F)n(C)c2c1C=N. The molecule has 2 heterocycles. The van der Waals surface area contributed by atoms with Crippen molar-refractivity contribution in [3.05, 3.63) is 56.8 Å². The average molecular weight is 473 g/mol. The highest BCUT2D eigenvalue weighted by Gasteiger charge is 2.21. The number of Topliss-reactive ketones (excluding diaryl/α,β-unsaturated/α-hetero) is 1. The minimum absolute atomic E-state index is 0.0730. The number of unbranched alkanes of at least 4 members (excludes halogenated alkanes) is 1. The summed E-state index contributed by atoms with van der Waals surface area (Å²) in [4.78, 5) is 30.1. The Labute approximate surface area is 197 Å². The molecule has 0 radical (unpaired) electrons. The molecule has 6 nitrogen and oxygen atoms in total. The molecular weight excluding hydrogens is 443 g/mol. The smallest absolute Gasteiger partial charge is 0.280 e. The lowest BCUT2D eigenvalue weighted by molar-refractivity contribution is -0.123. The second-order valence-electron chi connectivity index (χ2n) is 8.33. The van der Waals surface area contributed by atoms with Crippen molar-refractivity contribution in [2.45, 2.75) is 58.8 Å². The first-order chi connectivity index (χ1) is 15.8. The maximum Gasteiger partial charge on any atom is 0.280 e. The second kappa shape index (κ2) is 10.9. The van der Waals surface area contributed by atoms with Crippen LogP contribution in [0, 0.1) is 17.1 Å². The molecular formula is C25H30ClFN4O2. The van der Waals surface area contributed by atoms with Crippen molar-refractivity contribution >= 4 is 34.5 Å². The minimum atomic E-state index is -0.618. The number of carbonyl (C=O) groups excluding carboxylic acids is 1. The summed E-state index contributed by atoms with van der Waals surface area (Å²) in [6.07, 6.45) is 8.17. The summed E-state index contributed by atoms with van der Waals surface area (Å²) in [6.45, 7) is 4.18. The number of ketones is 1. The van der Waals surface area contributed by atoms with Gasteiger partial charge in [-0.2, -0.15) is 0 Å². The monoisotopic (exact) mass is 472 g/mol. The topological polar surface area (TPSA) is 80.7 Å². The standard InChI is InChI=1S/C25H30ClFN4O2/c1-4-6-8-16(5-2)23(32)10-7-9-21-18(14-28)24-19(15-29-21)25(33)31(30(24)3)22-12-11-17(26)13-20(22)27/h11-16,28H,4-10H2,1-3H3. The largest absolute Gasteiger partial charge is 0.308 e. The number of pyridine rings is 1. The van der Waals surface area contributed by atoms with Gasteiger partial charge >= 0.3 is 0 Å². The Morgan fingerprint density at radius 1 is 1.30 bits per heavy atom. The summed E-state index contributed by atoms with van der Waals surface area (Å²) >= 11 is 5.86. The van der Waals surface area contributed by atoms with Gasteiger partial charge in [-0.05, 0) is 43.9 Å². The number of rotatable bonds is 11. The van der Waals surface area contributed by atoms with Crippen molar-refractivity contribution in [2.24, 2.45) is 13.0 Å².